The minimum absolute atomic E-state index is 0.0573. The number of carboxylic acid groups (broad SMARTS) is 1. The molecule has 2 heterocycles. The molecule has 0 aromatic carbocycles. The molecule has 0 atom stereocenters. The van der Waals surface area contributed by atoms with Crippen molar-refractivity contribution in [2.75, 3.05) is 19.8 Å². The van der Waals surface area contributed by atoms with Crippen LogP contribution in [0.3, 0.4) is 0 Å². The van der Waals surface area contributed by atoms with Gasteiger partial charge in [0.25, 0.3) is 0 Å². The number of anilines is 1. The highest BCUT2D eigenvalue weighted by molar-refractivity contribution is 5.93. The van der Waals surface area contributed by atoms with E-state index in [2.05, 4.69) is 4.98 Å². The van der Waals surface area contributed by atoms with Crippen LogP contribution in [0, 0.1) is 0 Å². The number of fused-ring (bicyclic) bond motifs is 1. The smallest absolute Gasteiger partial charge is 0.356 e. The van der Waals surface area contributed by atoms with E-state index in [9.17, 15) is 4.79 Å². The predicted octanol–water partition coefficient (Wildman–Crippen LogP) is 0.676. The highest BCUT2D eigenvalue weighted by atomic mass is 16.4. The minimum atomic E-state index is -1.03. The fraction of sp³-hybridized carbons (Fsp3) is 0.273. The second kappa shape index (κ2) is 4.06. The molecule has 17 heavy (non-hydrogen) atoms. The second-order valence-corrected chi connectivity index (χ2v) is 4.14. The summed E-state index contributed by atoms with van der Waals surface area (Å²) in [6, 6.07) is 3.34. The molecule has 0 saturated carbocycles. The summed E-state index contributed by atoms with van der Waals surface area (Å²) in [6.45, 7) is 0.553. The van der Waals surface area contributed by atoms with Crippen LogP contribution in [0.4, 0.5) is 5.69 Å². The van der Waals surface area contributed by atoms with Gasteiger partial charge in [0.1, 0.15) is 5.82 Å². The Morgan fingerprint density at radius 2 is 2.24 bits per heavy atom. The van der Waals surface area contributed by atoms with Gasteiger partial charge in [-0.15, -0.1) is 0 Å². The van der Waals surface area contributed by atoms with Gasteiger partial charge in [-0.1, -0.05) is 0 Å². The molecule has 2 aromatic rings. The SMILES string of the molecule is CN(C)Cc1nc(C(=O)O)c2ccc(N)cn12. The Labute approximate surface area is 98.3 Å². The first-order valence-corrected chi connectivity index (χ1v) is 5.13. The van der Waals surface area contributed by atoms with E-state index in [0.29, 0.717) is 23.6 Å². The summed E-state index contributed by atoms with van der Waals surface area (Å²) >= 11 is 0. The highest BCUT2D eigenvalue weighted by Crippen LogP contribution is 2.16. The number of carboxylic acids is 1. The van der Waals surface area contributed by atoms with Crippen LogP contribution in [0.1, 0.15) is 16.3 Å². The van der Waals surface area contributed by atoms with E-state index >= 15 is 0 Å². The lowest BCUT2D eigenvalue weighted by atomic mass is 10.3. The largest absolute Gasteiger partial charge is 0.476 e. The number of carbonyl (C=O) groups is 1. The van der Waals surface area contributed by atoms with Crippen LogP contribution in [-0.4, -0.2) is 39.5 Å². The number of nitrogens with two attached hydrogens (primary N) is 1. The molecule has 0 aliphatic carbocycles. The predicted molar refractivity (Wildman–Crippen MR) is 64.0 cm³/mol. The number of hydrogen-bond donors (Lipinski definition) is 2. The topological polar surface area (TPSA) is 83.9 Å². The molecule has 0 fully saturated rings. The van der Waals surface area contributed by atoms with Gasteiger partial charge in [0.15, 0.2) is 5.69 Å². The van der Waals surface area contributed by atoms with Crippen LogP contribution >= 0.6 is 0 Å². The van der Waals surface area contributed by atoms with Crippen LogP contribution in [0.2, 0.25) is 0 Å². The van der Waals surface area contributed by atoms with E-state index in [1.54, 1.807) is 22.7 Å². The lowest BCUT2D eigenvalue weighted by Gasteiger charge is -2.08. The third-order valence-corrected chi connectivity index (χ3v) is 2.39. The van der Waals surface area contributed by atoms with Crippen LogP contribution < -0.4 is 5.73 Å². The summed E-state index contributed by atoms with van der Waals surface area (Å²) in [5.74, 6) is -0.369. The molecule has 0 aliphatic heterocycles. The van der Waals surface area contributed by atoms with E-state index in [4.69, 9.17) is 10.8 Å². The van der Waals surface area contributed by atoms with E-state index in [-0.39, 0.29) is 5.69 Å². The fourth-order valence-electron chi connectivity index (χ4n) is 1.72. The molecule has 6 nitrogen and oxygen atoms in total. The van der Waals surface area contributed by atoms with E-state index in [1.807, 2.05) is 19.0 Å². The molecule has 0 radical (unpaired) electrons. The summed E-state index contributed by atoms with van der Waals surface area (Å²) < 4.78 is 1.72. The molecule has 0 amide bonds. The Bertz CT molecular complexity index is 574. The maximum atomic E-state index is 11.1. The highest BCUT2D eigenvalue weighted by Gasteiger charge is 2.16. The Balaban J connectivity index is 2.66. The Morgan fingerprint density at radius 1 is 1.53 bits per heavy atom. The van der Waals surface area contributed by atoms with Crippen molar-refractivity contribution in [3.63, 3.8) is 0 Å². The van der Waals surface area contributed by atoms with Gasteiger partial charge in [0.2, 0.25) is 0 Å². The summed E-state index contributed by atoms with van der Waals surface area (Å²) in [4.78, 5) is 17.1. The first-order chi connectivity index (χ1) is 7.99. The Morgan fingerprint density at radius 3 is 2.82 bits per heavy atom. The molecule has 0 aliphatic rings. The molecule has 0 spiro atoms. The Hall–Kier alpha value is -2.08. The van der Waals surface area contributed by atoms with Crippen LogP contribution in [-0.2, 0) is 6.54 Å². The zero-order valence-electron chi connectivity index (χ0n) is 9.71. The number of imidazole rings is 1. The summed E-state index contributed by atoms with van der Waals surface area (Å²) in [7, 11) is 3.79. The second-order valence-electron chi connectivity index (χ2n) is 4.14. The third-order valence-electron chi connectivity index (χ3n) is 2.39. The summed E-state index contributed by atoms with van der Waals surface area (Å²) in [6.07, 6.45) is 1.69. The van der Waals surface area contributed by atoms with Crippen molar-refractivity contribution >= 4 is 17.2 Å². The van der Waals surface area contributed by atoms with Crippen LogP contribution in [0.25, 0.3) is 5.52 Å². The van der Waals surface area contributed by atoms with E-state index in [0.717, 1.165) is 0 Å². The maximum absolute atomic E-state index is 11.1. The maximum Gasteiger partial charge on any atom is 0.356 e. The van der Waals surface area contributed by atoms with Gasteiger partial charge in [-0.05, 0) is 26.2 Å². The molecule has 3 N–H and O–H groups in total. The minimum Gasteiger partial charge on any atom is -0.476 e. The van der Waals surface area contributed by atoms with Crippen molar-refractivity contribution in [1.82, 2.24) is 14.3 Å². The zero-order chi connectivity index (χ0) is 12.6. The quantitative estimate of drug-likeness (QED) is 0.815. The van der Waals surface area contributed by atoms with Gasteiger partial charge >= 0.3 is 5.97 Å². The van der Waals surface area contributed by atoms with Gasteiger partial charge in [-0.25, -0.2) is 9.78 Å². The average molecular weight is 234 g/mol. The van der Waals surface area contributed by atoms with Gasteiger partial charge in [-0.2, -0.15) is 0 Å². The van der Waals surface area contributed by atoms with Crippen molar-refractivity contribution in [2.45, 2.75) is 6.54 Å². The van der Waals surface area contributed by atoms with Crippen LogP contribution in [0.5, 0.6) is 0 Å². The molecule has 2 aromatic heterocycles. The van der Waals surface area contributed by atoms with Gasteiger partial charge in [0, 0.05) is 11.9 Å². The van der Waals surface area contributed by atoms with Crippen molar-refractivity contribution in [1.29, 1.82) is 0 Å². The fourth-order valence-corrected chi connectivity index (χ4v) is 1.72. The number of aromatic nitrogens is 2. The number of aromatic carboxylic acids is 1. The zero-order valence-corrected chi connectivity index (χ0v) is 9.71. The van der Waals surface area contributed by atoms with Crippen molar-refractivity contribution in [2.24, 2.45) is 0 Å². The van der Waals surface area contributed by atoms with E-state index < -0.39 is 5.97 Å². The summed E-state index contributed by atoms with van der Waals surface area (Å²) in [5, 5.41) is 9.08. The van der Waals surface area contributed by atoms with Gasteiger partial charge in [-0.3, -0.25) is 4.40 Å². The van der Waals surface area contributed by atoms with E-state index in [1.165, 1.54) is 0 Å². The molecule has 6 heteroatoms. The third kappa shape index (κ3) is 2.07. The average Bonchev–Trinajstić information content (AvgIpc) is 2.56. The standard InChI is InChI=1S/C11H14N4O2/c1-14(2)6-9-13-10(11(16)17)8-4-3-7(12)5-15(8)9/h3-5H,6,12H2,1-2H3,(H,16,17). The molecule has 0 bridgehead atoms. The number of pyridine rings is 1. The number of nitrogens with zero attached hydrogens (tertiary/aromatic N) is 3. The van der Waals surface area contributed by atoms with Crippen LogP contribution in [0.15, 0.2) is 18.3 Å². The molecular weight excluding hydrogens is 220 g/mol. The summed E-state index contributed by atoms with van der Waals surface area (Å²) in [5.41, 5.74) is 6.89. The number of rotatable bonds is 3. The lowest BCUT2D eigenvalue weighted by molar-refractivity contribution is 0.0693. The lowest BCUT2D eigenvalue weighted by Crippen LogP contribution is -2.13. The first-order valence-electron chi connectivity index (χ1n) is 5.13. The molecule has 0 unspecified atom stereocenters. The van der Waals surface area contributed by atoms with Gasteiger partial charge in [0.05, 0.1) is 12.1 Å². The molecule has 2 rings (SSSR count). The van der Waals surface area contributed by atoms with Crippen molar-refractivity contribution in [3.8, 4) is 0 Å². The first kappa shape index (κ1) is 11.4. The molecule has 0 saturated heterocycles. The Kier molecular flexibility index (Phi) is 2.72. The van der Waals surface area contributed by atoms with Crippen molar-refractivity contribution in [3.05, 3.63) is 29.8 Å². The van der Waals surface area contributed by atoms with Gasteiger partial charge < -0.3 is 15.7 Å². The molecule has 90 valence electrons. The van der Waals surface area contributed by atoms with Crippen molar-refractivity contribution < 1.29 is 9.90 Å². The normalized spacial score (nSPS) is 11.2. The number of hydrogen-bond acceptors (Lipinski definition) is 4. The number of nitrogen functional groups attached to an aromatic ring is 1. The monoisotopic (exact) mass is 234 g/mol. The molecular formula is C11H14N4O2.